The molecule has 0 fully saturated rings. The molecular formula is C38H25N5. The van der Waals surface area contributed by atoms with Gasteiger partial charge in [-0.15, -0.1) is 0 Å². The molecule has 0 radical (unpaired) electrons. The lowest BCUT2D eigenvalue weighted by Crippen LogP contribution is -1.98. The van der Waals surface area contributed by atoms with Crippen LogP contribution in [0.25, 0.3) is 60.9 Å². The van der Waals surface area contributed by atoms with Gasteiger partial charge in [0.15, 0.2) is 0 Å². The van der Waals surface area contributed by atoms with Crippen molar-refractivity contribution in [2.75, 3.05) is 0 Å². The van der Waals surface area contributed by atoms with E-state index in [2.05, 4.69) is 119 Å². The predicted octanol–water partition coefficient (Wildman–Crippen LogP) is 8.93. The van der Waals surface area contributed by atoms with Gasteiger partial charge in [-0.05, 0) is 78.1 Å². The normalized spacial score (nSPS) is 11.0. The van der Waals surface area contributed by atoms with Crippen molar-refractivity contribution < 1.29 is 0 Å². The molecule has 0 aliphatic heterocycles. The largest absolute Gasteiger partial charge is 0.308 e. The molecule has 0 N–H and O–H groups in total. The minimum Gasteiger partial charge on any atom is -0.308 e. The summed E-state index contributed by atoms with van der Waals surface area (Å²) in [5.74, 6) is 0.112. The molecule has 0 amide bonds. The molecule has 5 nitrogen and oxygen atoms in total. The first kappa shape index (κ1) is 25.9. The van der Waals surface area contributed by atoms with Crippen molar-refractivity contribution in [3.8, 4) is 51.2 Å². The second kappa shape index (κ2) is 10.4. The average molecular weight is 552 g/mol. The van der Waals surface area contributed by atoms with Crippen LogP contribution in [0.3, 0.4) is 0 Å². The molecule has 0 atom stereocenters. The molecule has 0 spiro atoms. The van der Waals surface area contributed by atoms with Crippen LogP contribution in [0.5, 0.6) is 0 Å². The monoisotopic (exact) mass is 551 g/mol. The third kappa shape index (κ3) is 4.60. The summed E-state index contributed by atoms with van der Waals surface area (Å²) in [6.07, 6.45) is 3.23. The molecule has 0 saturated heterocycles. The summed E-state index contributed by atoms with van der Waals surface area (Å²) in [6, 6.07) is 40.4. The van der Waals surface area contributed by atoms with E-state index in [1.54, 1.807) is 12.4 Å². The van der Waals surface area contributed by atoms with Gasteiger partial charge in [0.05, 0.1) is 22.3 Å². The number of aromatic nitrogens is 3. The van der Waals surface area contributed by atoms with Gasteiger partial charge in [0, 0.05) is 28.7 Å². The Kier molecular flexibility index (Phi) is 6.27. The summed E-state index contributed by atoms with van der Waals surface area (Å²) in [4.78, 5) is 8.20. The minimum absolute atomic E-state index is 0.112. The number of fused-ring (bicyclic) bond motifs is 3. The number of nitriles is 2. The fourth-order valence-electron chi connectivity index (χ4n) is 5.83. The van der Waals surface area contributed by atoms with Crippen LogP contribution in [0, 0.1) is 36.5 Å². The Labute approximate surface area is 249 Å². The van der Waals surface area contributed by atoms with Crippen LogP contribution in [-0.2, 0) is 0 Å². The first-order valence-electron chi connectivity index (χ1n) is 14.0. The zero-order valence-electron chi connectivity index (χ0n) is 23.7. The second-order valence-corrected chi connectivity index (χ2v) is 10.8. The van der Waals surface area contributed by atoms with E-state index in [1.165, 1.54) is 22.3 Å². The van der Waals surface area contributed by atoms with E-state index < -0.39 is 0 Å². The van der Waals surface area contributed by atoms with Gasteiger partial charge in [-0.2, -0.15) is 10.5 Å². The summed E-state index contributed by atoms with van der Waals surface area (Å²) in [7, 11) is 0. The van der Waals surface area contributed by atoms with E-state index in [0.717, 1.165) is 49.7 Å². The van der Waals surface area contributed by atoms with Gasteiger partial charge in [0.1, 0.15) is 12.1 Å². The molecule has 5 heteroatoms. The third-order valence-electron chi connectivity index (χ3n) is 7.91. The summed E-state index contributed by atoms with van der Waals surface area (Å²) < 4.78 is 2.18. The Morgan fingerprint density at radius 3 is 1.56 bits per heavy atom. The first-order chi connectivity index (χ1) is 21.0. The van der Waals surface area contributed by atoms with Crippen LogP contribution in [0.15, 0.2) is 116 Å². The smallest absolute Gasteiger partial charge is 0.232 e. The highest BCUT2D eigenvalue weighted by Crippen LogP contribution is 2.38. The first-order valence-corrected chi connectivity index (χ1v) is 14.0. The number of nitrogens with zero attached hydrogens (tertiary/aromatic N) is 5. The molecule has 0 aliphatic carbocycles. The van der Waals surface area contributed by atoms with Crippen molar-refractivity contribution >= 4 is 21.8 Å². The van der Waals surface area contributed by atoms with Gasteiger partial charge >= 0.3 is 0 Å². The fourth-order valence-corrected chi connectivity index (χ4v) is 5.83. The summed E-state index contributed by atoms with van der Waals surface area (Å²) in [5, 5.41) is 21.6. The average Bonchev–Trinajstić information content (AvgIpc) is 3.37. The highest BCUT2D eigenvalue weighted by Gasteiger charge is 2.17. The van der Waals surface area contributed by atoms with Gasteiger partial charge in [0.2, 0.25) is 5.82 Å². The summed E-state index contributed by atoms with van der Waals surface area (Å²) in [6.45, 7) is 4.22. The van der Waals surface area contributed by atoms with E-state index in [4.69, 9.17) is 5.26 Å². The van der Waals surface area contributed by atoms with E-state index >= 15 is 0 Å². The molecule has 0 unspecified atom stereocenters. The molecule has 43 heavy (non-hydrogen) atoms. The van der Waals surface area contributed by atoms with Crippen LogP contribution >= 0.6 is 0 Å². The van der Waals surface area contributed by atoms with Crippen LogP contribution in [0.4, 0.5) is 0 Å². The van der Waals surface area contributed by atoms with Gasteiger partial charge in [0.25, 0.3) is 0 Å². The lowest BCUT2D eigenvalue weighted by molar-refractivity contribution is 1.11. The van der Waals surface area contributed by atoms with Crippen molar-refractivity contribution in [1.29, 1.82) is 10.5 Å². The molecule has 7 rings (SSSR count). The highest BCUT2D eigenvalue weighted by molar-refractivity contribution is 6.11. The molecule has 2 heterocycles. The maximum atomic E-state index is 10.3. The predicted molar refractivity (Wildman–Crippen MR) is 172 cm³/mol. The van der Waals surface area contributed by atoms with E-state index in [0.29, 0.717) is 5.56 Å². The summed E-state index contributed by atoms with van der Waals surface area (Å²) in [5.41, 5.74) is 12.0. The molecular weight excluding hydrogens is 526 g/mol. The van der Waals surface area contributed by atoms with Crippen LogP contribution in [0.2, 0.25) is 0 Å². The molecule has 0 bridgehead atoms. The Morgan fingerprint density at radius 2 is 1.05 bits per heavy atom. The molecule has 0 saturated carbocycles. The van der Waals surface area contributed by atoms with Crippen molar-refractivity contribution in [2.45, 2.75) is 13.8 Å². The Morgan fingerprint density at radius 1 is 0.535 bits per heavy atom. The van der Waals surface area contributed by atoms with Crippen molar-refractivity contribution in [3.63, 3.8) is 0 Å². The number of hydrogen-bond acceptors (Lipinski definition) is 4. The van der Waals surface area contributed by atoms with E-state index in [-0.39, 0.29) is 5.82 Å². The zero-order chi connectivity index (χ0) is 29.5. The standard InChI is InChI=1S/C38H25N5/c1-24-5-3-7-26(15-24)29-10-13-36-33(18-29)34-19-30(27-8-4-6-25(2)16-27)11-14-37(34)43(36)35-12-9-28(17-31(35)20-39)32-22-41-38(21-40)42-23-32/h3-19,22-23H,1-2H3. The maximum absolute atomic E-state index is 10.3. The molecule has 7 aromatic rings. The minimum atomic E-state index is 0.112. The number of aryl methyl sites for hydroxylation is 2. The van der Waals surface area contributed by atoms with E-state index in [9.17, 15) is 5.26 Å². The van der Waals surface area contributed by atoms with Crippen LogP contribution < -0.4 is 0 Å². The molecule has 5 aromatic carbocycles. The van der Waals surface area contributed by atoms with Crippen molar-refractivity contribution in [1.82, 2.24) is 14.5 Å². The number of rotatable bonds is 4. The van der Waals surface area contributed by atoms with Crippen molar-refractivity contribution in [3.05, 3.63) is 138 Å². The van der Waals surface area contributed by atoms with Gasteiger partial charge in [-0.3, -0.25) is 0 Å². The highest BCUT2D eigenvalue weighted by atomic mass is 15.0. The Hall–Kier alpha value is -6.04. The Balaban J connectivity index is 1.47. The van der Waals surface area contributed by atoms with Crippen molar-refractivity contribution in [2.24, 2.45) is 0 Å². The molecule has 202 valence electrons. The van der Waals surface area contributed by atoms with Gasteiger partial charge in [-0.25, -0.2) is 9.97 Å². The number of hydrogen-bond donors (Lipinski definition) is 0. The van der Waals surface area contributed by atoms with Gasteiger partial charge < -0.3 is 4.57 Å². The lowest BCUT2D eigenvalue weighted by Gasteiger charge is -2.12. The maximum Gasteiger partial charge on any atom is 0.232 e. The SMILES string of the molecule is Cc1cccc(-c2ccc3c(c2)c2cc(-c4cccc(C)c4)ccc2n3-c2ccc(-c3cnc(C#N)nc3)cc2C#N)c1. The topological polar surface area (TPSA) is 78.3 Å². The third-order valence-corrected chi connectivity index (χ3v) is 7.91. The van der Waals surface area contributed by atoms with Crippen LogP contribution in [-0.4, -0.2) is 14.5 Å². The van der Waals surface area contributed by atoms with E-state index in [1.807, 2.05) is 24.3 Å². The summed E-state index contributed by atoms with van der Waals surface area (Å²) >= 11 is 0. The quantitative estimate of drug-likeness (QED) is 0.219. The lowest BCUT2D eigenvalue weighted by atomic mass is 9.99. The Bertz CT molecular complexity index is 2180. The van der Waals surface area contributed by atoms with Gasteiger partial charge in [-0.1, -0.05) is 77.9 Å². The van der Waals surface area contributed by atoms with Crippen LogP contribution in [0.1, 0.15) is 22.5 Å². The number of benzene rings is 5. The zero-order valence-corrected chi connectivity index (χ0v) is 23.7. The molecule has 2 aromatic heterocycles. The molecule has 0 aliphatic rings. The second-order valence-electron chi connectivity index (χ2n) is 10.8. The fraction of sp³-hybridized carbons (Fsp3) is 0.0526.